The Hall–Kier alpha value is -1.82. The Bertz CT molecular complexity index is 629. The summed E-state index contributed by atoms with van der Waals surface area (Å²) in [5.41, 5.74) is 4.00. The van der Waals surface area contributed by atoms with Crippen LogP contribution in [0.2, 0.25) is 5.02 Å². The van der Waals surface area contributed by atoms with Crippen molar-refractivity contribution in [3.8, 4) is 17.2 Å². The van der Waals surface area contributed by atoms with Gasteiger partial charge in [0.2, 0.25) is 0 Å². The van der Waals surface area contributed by atoms with Crippen molar-refractivity contribution in [1.82, 2.24) is 5.32 Å². The number of hydrogen-bond acceptors (Lipinski definition) is 2. The molecule has 0 bridgehead atoms. The van der Waals surface area contributed by atoms with Crippen molar-refractivity contribution in [2.45, 2.75) is 19.9 Å². The minimum atomic E-state index is 0.671. The van der Waals surface area contributed by atoms with Crippen LogP contribution < -0.4 is 5.32 Å². The minimum absolute atomic E-state index is 0.671. The van der Waals surface area contributed by atoms with Gasteiger partial charge in [0.1, 0.15) is 0 Å². The van der Waals surface area contributed by atoms with Crippen LogP contribution in [0, 0.1) is 11.3 Å². The highest BCUT2D eigenvalue weighted by molar-refractivity contribution is 6.30. The summed E-state index contributed by atoms with van der Waals surface area (Å²) in [5, 5.41) is 13.1. The van der Waals surface area contributed by atoms with Gasteiger partial charge in [-0.2, -0.15) is 5.26 Å². The summed E-state index contributed by atoms with van der Waals surface area (Å²) in [6, 6.07) is 15.7. The van der Waals surface area contributed by atoms with E-state index in [0.29, 0.717) is 5.56 Å². The molecular formula is C17H17ClN2. The third-order valence-electron chi connectivity index (χ3n) is 3.11. The molecule has 0 saturated heterocycles. The summed E-state index contributed by atoms with van der Waals surface area (Å²) < 4.78 is 0. The molecule has 0 spiro atoms. The molecule has 0 radical (unpaired) electrons. The van der Waals surface area contributed by atoms with Gasteiger partial charge in [-0.05, 0) is 53.9 Å². The number of rotatable bonds is 5. The molecule has 0 aromatic heterocycles. The van der Waals surface area contributed by atoms with Crippen molar-refractivity contribution in [1.29, 1.82) is 5.26 Å². The van der Waals surface area contributed by atoms with E-state index in [9.17, 15) is 0 Å². The van der Waals surface area contributed by atoms with E-state index in [1.165, 1.54) is 0 Å². The van der Waals surface area contributed by atoms with Crippen LogP contribution in [-0.4, -0.2) is 6.54 Å². The van der Waals surface area contributed by atoms with Gasteiger partial charge in [-0.25, -0.2) is 0 Å². The molecule has 2 nitrogen and oxygen atoms in total. The maximum atomic E-state index is 9.01. The first-order valence-corrected chi connectivity index (χ1v) is 7.12. The van der Waals surface area contributed by atoms with Gasteiger partial charge in [0.25, 0.3) is 0 Å². The fourth-order valence-electron chi connectivity index (χ4n) is 2.15. The first kappa shape index (κ1) is 14.6. The van der Waals surface area contributed by atoms with Gasteiger partial charge < -0.3 is 5.32 Å². The average molecular weight is 285 g/mol. The van der Waals surface area contributed by atoms with Crippen molar-refractivity contribution in [3.63, 3.8) is 0 Å². The SMILES string of the molecule is CCCNCc1cc(Cl)ccc1-c1cccc(C#N)c1. The zero-order valence-electron chi connectivity index (χ0n) is 11.5. The van der Waals surface area contributed by atoms with E-state index >= 15 is 0 Å². The Morgan fingerprint density at radius 1 is 1.20 bits per heavy atom. The summed E-state index contributed by atoms with van der Waals surface area (Å²) in [7, 11) is 0. The van der Waals surface area contributed by atoms with Crippen LogP contribution in [0.3, 0.4) is 0 Å². The Morgan fingerprint density at radius 2 is 2.05 bits per heavy atom. The lowest BCUT2D eigenvalue weighted by atomic mass is 9.98. The third kappa shape index (κ3) is 3.60. The molecule has 3 heteroatoms. The van der Waals surface area contributed by atoms with E-state index < -0.39 is 0 Å². The molecule has 0 fully saturated rings. The Kier molecular flexibility index (Phi) is 5.17. The van der Waals surface area contributed by atoms with Crippen LogP contribution >= 0.6 is 11.6 Å². The smallest absolute Gasteiger partial charge is 0.0991 e. The fourth-order valence-corrected chi connectivity index (χ4v) is 2.34. The van der Waals surface area contributed by atoms with Crippen LogP contribution in [0.25, 0.3) is 11.1 Å². The molecule has 0 aliphatic carbocycles. The van der Waals surface area contributed by atoms with Crippen molar-refractivity contribution in [2.75, 3.05) is 6.54 Å². The van der Waals surface area contributed by atoms with Crippen LogP contribution in [0.1, 0.15) is 24.5 Å². The predicted octanol–water partition coefficient (Wildman–Crippen LogP) is 4.38. The van der Waals surface area contributed by atoms with Gasteiger partial charge in [-0.1, -0.05) is 36.7 Å². The van der Waals surface area contributed by atoms with E-state index in [4.69, 9.17) is 16.9 Å². The summed E-state index contributed by atoms with van der Waals surface area (Å²) in [6.07, 6.45) is 1.10. The fraction of sp³-hybridized carbons (Fsp3) is 0.235. The van der Waals surface area contributed by atoms with Gasteiger partial charge >= 0.3 is 0 Å². The highest BCUT2D eigenvalue weighted by atomic mass is 35.5. The molecular weight excluding hydrogens is 268 g/mol. The quantitative estimate of drug-likeness (QED) is 0.827. The molecule has 0 atom stereocenters. The van der Waals surface area contributed by atoms with E-state index in [1.54, 1.807) is 0 Å². The molecule has 0 aliphatic rings. The molecule has 2 rings (SSSR count). The molecule has 102 valence electrons. The average Bonchev–Trinajstić information content (AvgIpc) is 2.48. The monoisotopic (exact) mass is 284 g/mol. The third-order valence-corrected chi connectivity index (χ3v) is 3.35. The van der Waals surface area contributed by atoms with Gasteiger partial charge in [-0.3, -0.25) is 0 Å². The van der Waals surface area contributed by atoms with Crippen molar-refractivity contribution in [2.24, 2.45) is 0 Å². The number of halogens is 1. The molecule has 0 aliphatic heterocycles. The number of nitriles is 1. The van der Waals surface area contributed by atoms with Crippen LogP contribution in [0.4, 0.5) is 0 Å². The molecule has 2 aromatic rings. The van der Waals surface area contributed by atoms with Gasteiger partial charge in [0.15, 0.2) is 0 Å². The number of benzene rings is 2. The molecule has 0 unspecified atom stereocenters. The summed E-state index contributed by atoms with van der Waals surface area (Å²) >= 11 is 6.10. The number of nitrogens with one attached hydrogen (secondary N) is 1. The van der Waals surface area contributed by atoms with E-state index in [1.807, 2.05) is 42.5 Å². The van der Waals surface area contributed by atoms with Crippen molar-refractivity contribution >= 4 is 11.6 Å². The molecule has 0 amide bonds. The zero-order chi connectivity index (χ0) is 14.4. The van der Waals surface area contributed by atoms with E-state index in [0.717, 1.165) is 41.2 Å². The zero-order valence-corrected chi connectivity index (χ0v) is 12.2. The molecule has 0 heterocycles. The normalized spacial score (nSPS) is 10.2. The second kappa shape index (κ2) is 7.09. The van der Waals surface area contributed by atoms with Crippen LogP contribution in [0.15, 0.2) is 42.5 Å². The minimum Gasteiger partial charge on any atom is -0.313 e. The number of hydrogen-bond donors (Lipinski definition) is 1. The summed E-state index contributed by atoms with van der Waals surface area (Å²) in [5.74, 6) is 0. The van der Waals surface area contributed by atoms with E-state index in [2.05, 4.69) is 18.3 Å². The Morgan fingerprint density at radius 3 is 2.80 bits per heavy atom. The molecule has 20 heavy (non-hydrogen) atoms. The van der Waals surface area contributed by atoms with E-state index in [-0.39, 0.29) is 0 Å². The van der Waals surface area contributed by atoms with Gasteiger partial charge in [0.05, 0.1) is 11.6 Å². The standard InChI is InChI=1S/C17H17ClN2/c1-2-8-20-12-15-10-16(18)6-7-17(15)14-5-3-4-13(9-14)11-19/h3-7,9-10,20H,2,8,12H2,1H3. The summed E-state index contributed by atoms with van der Waals surface area (Å²) in [6.45, 7) is 3.90. The first-order chi connectivity index (χ1) is 9.74. The summed E-state index contributed by atoms with van der Waals surface area (Å²) in [4.78, 5) is 0. The van der Waals surface area contributed by atoms with Crippen LogP contribution in [0.5, 0.6) is 0 Å². The van der Waals surface area contributed by atoms with Crippen molar-refractivity contribution < 1.29 is 0 Å². The lowest BCUT2D eigenvalue weighted by Crippen LogP contribution is -2.14. The Balaban J connectivity index is 2.36. The molecule has 2 aromatic carbocycles. The molecule has 0 saturated carbocycles. The predicted molar refractivity (Wildman–Crippen MR) is 83.6 cm³/mol. The highest BCUT2D eigenvalue weighted by Crippen LogP contribution is 2.27. The highest BCUT2D eigenvalue weighted by Gasteiger charge is 2.06. The maximum absolute atomic E-state index is 9.01. The van der Waals surface area contributed by atoms with Gasteiger partial charge in [-0.15, -0.1) is 0 Å². The lowest BCUT2D eigenvalue weighted by molar-refractivity contribution is 0.676. The van der Waals surface area contributed by atoms with Crippen molar-refractivity contribution in [3.05, 3.63) is 58.6 Å². The first-order valence-electron chi connectivity index (χ1n) is 6.74. The second-order valence-electron chi connectivity index (χ2n) is 4.67. The Labute approximate surface area is 125 Å². The second-order valence-corrected chi connectivity index (χ2v) is 5.11. The van der Waals surface area contributed by atoms with Gasteiger partial charge in [0, 0.05) is 11.6 Å². The number of nitrogens with zero attached hydrogens (tertiary/aromatic N) is 1. The molecule has 1 N–H and O–H groups in total. The van der Waals surface area contributed by atoms with Crippen LogP contribution in [-0.2, 0) is 6.54 Å². The maximum Gasteiger partial charge on any atom is 0.0991 e. The topological polar surface area (TPSA) is 35.8 Å². The largest absolute Gasteiger partial charge is 0.313 e. The lowest BCUT2D eigenvalue weighted by Gasteiger charge is -2.11.